The van der Waals surface area contributed by atoms with Crippen LogP contribution >= 0.6 is 0 Å². The molecule has 0 aromatic rings. The van der Waals surface area contributed by atoms with Crippen molar-refractivity contribution < 1.29 is 63.6 Å². The maximum Gasteiger partial charge on any atom is 0.450 e. The van der Waals surface area contributed by atoms with Crippen molar-refractivity contribution in [1.82, 2.24) is 0 Å². The Hall–Kier alpha value is -1.51. The highest BCUT2D eigenvalue weighted by molar-refractivity contribution is 5.89. The van der Waals surface area contributed by atoms with Crippen molar-refractivity contribution >= 4 is 5.97 Å². The normalized spacial score (nSPS) is 29.8. The molecule has 1 aliphatic heterocycles. The third-order valence-corrected chi connectivity index (χ3v) is 4.34. The topological polar surface area (TPSA) is 63.2 Å². The van der Waals surface area contributed by atoms with Gasteiger partial charge < -0.3 is 23.7 Å². The van der Waals surface area contributed by atoms with Gasteiger partial charge in [-0.25, -0.2) is 4.79 Å². The molecule has 0 aliphatic carbocycles. The SMILES string of the molecule is C=C(C(=O)OC(C)C1(C)OCOC(OC(C)OC)(C(F)(F)F)C1(F)F)C(F)(F)F. The summed E-state index contributed by atoms with van der Waals surface area (Å²) >= 11 is 0. The monoisotopic (exact) mass is 446 g/mol. The number of rotatable bonds is 6. The Morgan fingerprint density at radius 3 is 2.03 bits per heavy atom. The van der Waals surface area contributed by atoms with Crippen LogP contribution in [0.5, 0.6) is 0 Å². The van der Waals surface area contributed by atoms with Gasteiger partial charge in [-0.05, 0) is 20.8 Å². The van der Waals surface area contributed by atoms with Crippen LogP contribution in [0, 0.1) is 0 Å². The lowest BCUT2D eigenvalue weighted by Gasteiger charge is -2.53. The van der Waals surface area contributed by atoms with Crippen LogP contribution in [0.25, 0.3) is 0 Å². The minimum absolute atomic E-state index is 0.408. The highest BCUT2D eigenvalue weighted by Crippen LogP contribution is 2.56. The summed E-state index contributed by atoms with van der Waals surface area (Å²) in [5.41, 5.74) is -5.36. The van der Waals surface area contributed by atoms with Gasteiger partial charge in [-0.1, -0.05) is 6.58 Å². The quantitative estimate of drug-likeness (QED) is 0.268. The minimum atomic E-state index is -5.85. The van der Waals surface area contributed by atoms with E-state index in [9.17, 15) is 31.1 Å². The fraction of sp³-hybridized carbons (Fsp3) is 0.800. The zero-order valence-corrected chi connectivity index (χ0v) is 15.5. The molecule has 0 amide bonds. The Labute approximate surface area is 159 Å². The molecule has 0 bridgehead atoms. The van der Waals surface area contributed by atoms with E-state index in [0.717, 1.165) is 14.0 Å². The molecular formula is C15H18F8O6. The molecule has 14 heteroatoms. The van der Waals surface area contributed by atoms with Crippen LogP contribution in [-0.2, 0) is 28.5 Å². The van der Waals surface area contributed by atoms with Gasteiger partial charge in [0.25, 0.3) is 0 Å². The molecule has 0 radical (unpaired) electrons. The molecule has 0 aromatic heterocycles. The van der Waals surface area contributed by atoms with Crippen LogP contribution in [0.4, 0.5) is 35.1 Å². The molecule has 0 N–H and O–H groups in total. The molecule has 0 aromatic carbocycles. The van der Waals surface area contributed by atoms with Gasteiger partial charge in [0.05, 0.1) is 0 Å². The number of methoxy groups -OCH3 is 1. The molecule has 6 nitrogen and oxygen atoms in total. The predicted octanol–water partition coefficient (Wildman–Crippen LogP) is 3.70. The van der Waals surface area contributed by atoms with Gasteiger partial charge in [0, 0.05) is 7.11 Å². The van der Waals surface area contributed by atoms with Crippen LogP contribution in [0.1, 0.15) is 20.8 Å². The van der Waals surface area contributed by atoms with Gasteiger partial charge in [-0.2, -0.15) is 35.1 Å². The smallest absolute Gasteiger partial charge is 0.450 e. The Morgan fingerprint density at radius 1 is 1.10 bits per heavy atom. The standard InChI is InChI=1S/C15H18F8O6/c1-7(12(16,17)18)10(24)28-8(2)11(4)13(19,20)14(15(21,22)23,27-6-26-11)29-9(3)25-5/h8-9H,1,6H2,2-5H3. The largest absolute Gasteiger partial charge is 0.456 e. The number of hydrogen-bond acceptors (Lipinski definition) is 6. The number of hydrogen-bond donors (Lipinski definition) is 0. The van der Waals surface area contributed by atoms with E-state index >= 15 is 8.78 Å². The minimum Gasteiger partial charge on any atom is -0.456 e. The lowest BCUT2D eigenvalue weighted by Crippen LogP contribution is -2.76. The van der Waals surface area contributed by atoms with Gasteiger partial charge in [-0.15, -0.1) is 0 Å². The lowest BCUT2D eigenvalue weighted by molar-refractivity contribution is -0.527. The molecule has 1 fully saturated rings. The van der Waals surface area contributed by atoms with E-state index in [2.05, 4.69) is 30.3 Å². The second kappa shape index (κ2) is 7.96. The molecule has 0 saturated carbocycles. The van der Waals surface area contributed by atoms with Gasteiger partial charge in [0.15, 0.2) is 18.7 Å². The molecule has 1 heterocycles. The molecule has 0 spiro atoms. The van der Waals surface area contributed by atoms with Crippen molar-refractivity contribution in [2.75, 3.05) is 13.9 Å². The summed E-state index contributed by atoms with van der Waals surface area (Å²) in [4.78, 5) is 11.5. The fourth-order valence-electron chi connectivity index (χ4n) is 2.29. The van der Waals surface area contributed by atoms with Gasteiger partial charge in [0.2, 0.25) is 0 Å². The van der Waals surface area contributed by atoms with E-state index in [1.54, 1.807) is 0 Å². The van der Waals surface area contributed by atoms with E-state index in [-0.39, 0.29) is 0 Å². The number of carbonyl (C=O) groups excluding carboxylic acids is 1. The zero-order chi connectivity index (χ0) is 23.1. The van der Waals surface area contributed by atoms with Gasteiger partial charge >= 0.3 is 30.0 Å². The van der Waals surface area contributed by atoms with Crippen molar-refractivity contribution in [3.05, 3.63) is 12.2 Å². The highest BCUT2D eigenvalue weighted by atomic mass is 19.4. The first kappa shape index (κ1) is 25.5. The van der Waals surface area contributed by atoms with Crippen molar-refractivity contribution in [3.63, 3.8) is 0 Å². The summed E-state index contributed by atoms with van der Waals surface area (Å²) in [5, 5.41) is 0. The van der Waals surface area contributed by atoms with Crippen molar-refractivity contribution in [2.24, 2.45) is 0 Å². The predicted molar refractivity (Wildman–Crippen MR) is 77.5 cm³/mol. The Kier molecular flexibility index (Phi) is 7.01. The van der Waals surface area contributed by atoms with Crippen LogP contribution in [0.2, 0.25) is 0 Å². The second-order valence-electron chi connectivity index (χ2n) is 6.15. The highest BCUT2D eigenvalue weighted by Gasteiger charge is 2.82. The Balaban J connectivity index is 3.36. The molecule has 1 rings (SSSR count). The van der Waals surface area contributed by atoms with E-state index < -0.39 is 60.4 Å². The van der Waals surface area contributed by atoms with Crippen LogP contribution in [0.3, 0.4) is 0 Å². The first-order chi connectivity index (χ1) is 12.9. The van der Waals surface area contributed by atoms with E-state index in [0.29, 0.717) is 13.8 Å². The molecule has 1 aliphatic rings. The van der Waals surface area contributed by atoms with Gasteiger partial charge in [-0.3, -0.25) is 0 Å². The van der Waals surface area contributed by atoms with Crippen LogP contribution in [-0.4, -0.2) is 61.9 Å². The summed E-state index contributed by atoms with van der Waals surface area (Å²) in [6.45, 7) is 2.92. The fourth-order valence-corrected chi connectivity index (χ4v) is 2.29. The summed E-state index contributed by atoms with van der Waals surface area (Å²) in [5.74, 6) is -11.9. The van der Waals surface area contributed by atoms with E-state index in [4.69, 9.17) is 0 Å². The van der Waals surface area contributed by atoms with Crippen LogP contribution < -0.4 is 0 Å². The van der Waals surface area contributed by atoms with Crippen LogP contribution in [0.15, 0.2) is 12.2 Å². The zero-order valence-electron chi connectivity index (χ0n) is 15.5. The molecule has 29 heavy (non-hydrogen) atoms. The van der Waals surface area contributed by atoms with E-state index in [1.165, 1.54) is 0 Å². The number of alkyl halides is 8. The van der Waals surface area contributed by atoms with Gasteiger partial charge in [0.1, 0.15) is 11.7 Å². The molecular weight excluding hydrogens is 428 g/mol. The number of halogens is 8. The van der Waals surface area contributed by atoms with E-state index in [1.807, 2.05) is 0 Å². The summed E-state index contributed by atoms with van der Waals surface area (Å²) in [6, 6.07) is 0. The molecule has 4 unspecified atom stereocenters. The third kappa shape index (κ3) is 4.34. The van der Waals surface area contributed by atoms with Crippen molar-refractivity contribution in [1.29, 1.82) is 0 Å². The summed E-state index contributed by atoms with van der Waals surface area (Å²) in [6.07, 6.45) is -15.3. The summed E-state index contributed by atoms with van der Waals surface area (Å²) in [7, 11) is 0.874. The second-order valence-corrected chi connectivity index (χ2v) is 6.15. The first-order valence-electron chi connectivity index (χ1n) is 7.77. The number of ether oxygens (including phenoxy) is 5. The maximum absolute atomic E-state index is 15.1. The average molecular weight is 446 g/mol. The molecule has 170 valence electrons. The number of carbonyl (C=O) groups is 1. The maximum atomic E-state index is 15.1. The molecule has 4 atom stereocenters. The Morgan fingerprint density at radius 2 is 1.62 bits per heavy atom. The molecule has 1 saturated heterocycles. The average Bonchev–Trinajstić information content (AvgIpc) is 2.56. The van der Waals surface area contributed by atoms with Crippen molar-refractivity contribution in [2.45, 2.75) is 62.8 Å². The first-order valence-corrected chi connectivity index (χ1v) is 7.77. The third-order valence-electron chi connectivity index (χ3n) is 4.34. The summed E-state index contributed by atoms with van der Waals surface area (Å²) < 4.78 is 130. The number of esters is 1. The van der Waals surface area contributed by atoms with Crippen molar-refractivity contribution in [3.8, 4) is 0 Å². The Bertz CT molecular complexity index is 633. The lowest BCUT2D eigenvalue weighted by atomic mass is 9.84.